The van der Waals surface area contributed by atoms with Gasteiger partial charge in [0.2, 0.25) is 0 Å². The number of benzene rings is 1. The molecule has 0 bridgehead atoms. The number of likely N-dealkylation sites (tertiary alicyclic amines) is 1. The van der Waals surface area contributed by atoms with Crippen molar-refractivity contribution >= 4 is 11.9 Å². The smallest absolute Gasteiger partial charge is 0.356 e. The van der Waals surface area contributed by atoms with E-state index in [0.717, 1.165) is 6.42 Å². The topological polar surface area (TPSA) is 59.5 Å². The van der Waals surface area contributed by atoms with Gasteiger partial charge in [-0.15, -0.1) is 0 Å². The summed E-state index contributed by atoms with van der Waals surface area (Å²) in [6, 6.07) is 13.6. The van der Waals surface area contributed by atoms with Gasteiger partial charge in [0, 0.05) is 24.8 Å². The van der Waals surface area contributed by atoms with E-state index < -0.39 is 5.97 Å². The van der Waals surface area contributed by atoms with Crippen molar-refractivity contribution in [3.63, 3.8) is 0 Å². The average molecular weight is 338 g/mol. The van der Waals surface area contributed by atoms with Gasteiger partial charge in [0.15, 0.2) is 0 Å². The van der Waals surface area contributed by atoms with Gasteiger partial charge in [-0.2, -0.15) is 0 Å². The summed E-state index contributed by atoms with van der Waals surface area (Å²) in [5.74, 6) is 0.243. The van der Waals surface area contributed by atoms with Crippen LogP contribution in [0.2, 0.25) is 0 Å². The number of methoxy groups -OCH3 is 1. The lowest BCUT2D eigenvalue weighted by atomic mass is 9.81. The molecular weight excluding hydrogens is 316 g/mol. The molecule has 2 heterocycles. The number of amides is 1. The highest BCUT2D eigenvalue weighted by atomic mass is 16.5. The van der Waals surface area contributed by atoms with Crippen molar-refractivity contribution < 1.29 is 14.3 Å². The van der Waals surface area contributed by atoms with E-state index in [1.165, 1.54) is 24.9 Å². The third-order valence-electron chi connectivity index (χ3n) is 4.82. The Balaban J connectivity index is 1.72. The standard InChI is InChI=1S/C20H22N2O3/c1-14-13-22(11-9-17(14)15-6-4-3-5-7-15)19(23)16-8-10-21-18(12-16)20(24)25-2/h3-8,10,12,14,17H,9,11,13H2,1-2H3/t14-,17+/m1/s1. The van der Waals surface area contributed by atoms with Gasteiger partial charge in [0.05, 0.1) is 7.11 Å². The molecule has 130 valence electrons. The second-order valence-corrected chi connectivity index (χ2v) is 6.46. The quantitative estimate of drug-likeness (QED) is 0.807. The summed E-state index contributed by atoms with van der Waals surface area (Å²) in [7, 11) is 1.30. The number of carbonyl (C=O) groups is 2. The maximum absolute atomic E-state index is 12.8. The minimum atomic E-state index is -0.536. The SMILES string of the molecule is COC(=O)c1cc(C(=O)N2CC[C@H](c3ccccc3)[C@H](C)C2)ccn1. The minimum absolute atomic E-state index is 0.0640. The Kier molecular flexibility index (Phi) is 5.12. The Morgan fingerprint density at radius 1 is 1.20 bits per heavy atom. The Morgan fingerprint density at radius 2 is 1.96 bits per heavy atom. The fourth-order valence-electron chi connectivity index (χ4n) is 3.49. The van der Waals surface area contributed by atoms with Gasteiger partial charge >= 0.3 is 5.97 Å². The van der Waals surface area contributed by atoms with Crippen LogP contribution in [0, 0.1) is 5.92 Å². The fourth-order valence-corrected chi connectivity index (χ4v) is 3.49. The molecule has 1 aromatic heterocycles. The number of nitrogens with zero attached hydrogens (tertiary/aromatic N) is 2. The van der Waals surface area contributed by atoms with Gasteiger partial charge in [-0.25, -0.2) is 9.78 Å². The first-order valence-electron chi connectivity index (χ1n) is 8.48. The average Bonchev–Trinajstić information content (AvgIpc) is 2.67. The summed E-state index contributed by atoms with van der Waals surface area (Å²) < 4.78 is 4.67. The van der Waals surface area contributed by atoms with Crippen LogP contribution in [-0.4, -0.2) is 42.0 Å². The van der Waals surface area contributed by atoms with Gasteiger partial charge in [0.25, 0.3) is 5.91 Å². The molecule has 1 amide bonds. The van der Waals surface area contributed by atoms with Crippen molar-refractivity contribution in [3.8, 4) is 0 Å². The van der Waals surface area contributed by atoms with E-state index in [0.29, 0.717) is 30.5 Å². The molecule has 5 nitrogen and oxygen atoms in total. The van der Waals surface area contributed by atoms with Crippen LogP contribution in [0.3, 0.4) is 0 Å². The van der Waals surface area contributed by atoms with Gasteiger partial charge in [-0.1, -0.05) is 37.3 Å². The highest BCUT2D eigenvalue weighted by molar-refractivity contribution is 5.97. The Hall–Kier alpha value is -2.69. The number of esters is 1. The number of rotatable bonds is 3. The normalized spacial score (nSPS) is 20.2. The zero-order valence-corrected chi connectivity index (χ0v) is 14.5. The Labute approximate surface area is 147 Å². The van der Waals surface area contributed by atoms with Crippen LogP contribution < -0.4 is 0 Å². The third kappa shape index (κ3) is 3.71. The van der Waals surface area contributed by atoms with E-state index >= 15 is 0 Å². The van der Waals surface area contributed by atoms with Gasteiger partial charge in [-0.3, -0.25) is 4.79 Å². The maximum atomic E-state index is 12.8. The van der Waals surface area contributed by atoms with Crippen molar-refractivity contribution in [2.45, 2.75) is 19.3 Å². The molecule has 1 saturated heterocycles. The zero-order valence-electron chi connectivity index (χ0n) is 14.5. The number of carbonyl (C=O) groups excluding carboxylic acids is 2. The second kappa shape index (κ2) is 7.47. The zero-order chi connectivity index (χ0) is 17.8. The number of hydrogen-bond donors (Lipinski definition) is 0. The van der Waals surface area contributed by atoms with Crippen molar-refractivity contribution in [3.05, 3.63) is 65.5 Å². The first-order valence-corrected chi connectivity index (χ1v) is 8.48. The molecule has 1 aliphatic heterocycles. The Morgan fingerprint density at radius 3 is 2.64 bits per heavy atom. The third-order valence-corrected chi connectivity index (χ3v) is 4.82. The lowest BCUT2D eigenvalue weighted by molar-refractivity contribution is 0.0594. The maximum Gasteiger partial charge on any atom is 0.356 e. The van der Waals surface area contributed by atoms with Crippen LogP contribution in [0.1, 0.15) is 45.7 Å². The molecule has 0 unspecified atom stereocenters. The predicted molar refractivity (Wildman–Crippen MR) is 94.4 cm³/mol. The predicted octanol–water partition coefficient (Wildman–Crippen LogP) is 3.13. The number of aromatic nitrogens is 1. The van der Waals surface area contributed by atoms with Crippen LogP contribution in [0.5, 0.6) is 0 Å². The summed E-state index contributed by atoms with van der Waals surface area (Å²) in [6.45, 7) is 3.59. The van der Waals surface area contributed by atoms with E-state index in [1.54, 1.807) is 6.07 Å². The molecule has 0 saturated carbocycles. The van der Waals surface area contributed by atoms with E-state index in [4.69, 9.17) is 0 Å². The second-order valence-electron chi connectivity index (χ2n) is 6.46. The molecule has 0 N–H and O–H groups in total. The number of hydrogen-bond acceptors (Lipinski definition) is 4. The van der Waals surface area contributed by atoms with Crippen LogP contribution >= 0.6 is 0 Å². The molecule has 3 rings (SSSR count). The first-order chi connectivity index (χ1) is 12.1. The number of pyridine rings is 1. The number of ether oxygens (including phenoxy) is 1. The largest absolute Gasteiger partial charge is 0.464 e. The number of piperidine rings is 1. The van der Waals surface area contributed by atoms with E-state index in [2.05, 4.69) is 40.9 Å². The van der Waals surface area contributed by atoms with Crippen LogP contribution in [-0.2, 0) is 4.74 Å². The molecule has 1 aromatic carbocycles. The fraction of sp³-hybridized carbons (Fsp3) is 0.350. The van der Waals surface area contributed by atoms with Crippen molar-refractivity contribution in [1.29, 1.82) is 0 Å². The highest BCUT2D eigenvalue weighted by Gasteiger charge is 2.30. The molecule has 2 atom stereocenters. The van der Waals surface area contributed by atoms with E-state index in [9.17, 15) is 9.59 Å². The lowest BCUT2D eigenvalue weighted by Gasteiger charge is -2.37. The van der Waals surface area contributed by atoms with Crippen LogP contribution in [0.4, 0.5) is 0 Å². The first kappa shape index (κ1) is 17.1. The van der Waals surface area contributed by atoms with Crippen molar-refractivity contribution in [2.75, 3.05) is 20.2 Å². The summed E-state index contributed by atoms with van der Waals surface area (Å²) in [5.41, 5.74) is 1.96. The van der Waals surface area contributed by atoms with Crippen LogP contribution in [0.25, 0.3) is 0 Å². The monoisotopic (exact) mass is 338 g/mol. The molecule has 0 spiro atoms. The molecule has 5 heteroatoms. The molecule has 0 aliphatic carbocycles. The van der Waals surface area contributed by atoms with Crippen molar-refractivity contribution in [2.24, 2.45) is 5.92 Å². The van der Waals surface area contributed by atoms with Gasteiger partial charge in [0.1, 0.15) is 5.69 Å². The molecule has 1 aliphatic rings. The highest BCUT2D eigenvalue weighted by Crippen LogP contribution is 2.33. The molecule has 2 aromatic rings. The molecular formula is C20H22N2O3. The van der Waals surface area contributed by atoms with Gasteiger partial charge in [-0.05, 0) is 36.0 Å². The molecule has 1 fully saturated rings. The van der Waals surface area contributed by atoms with Crippen LogP contribution in [0.15, 0.2) is 48.7 Å². The Bertz CT molecular complexity index is 761. The molecule has 0 radical (unpaired) electrons. The lowest BCUT2D eigenvalue weighted by Crippen LogP contribution is -2.42. The summed E-state index contributed by atoms with van der Waals surface area (Å²) in [4.78, 5) is 30.2. The molecule has 25 heavy (non-hydrogen) atoms. The summed E-state index contributed by atoms with van der Waals surface area (Å²) in [5, 5.41) is 0. The van der Waals surface area contributed by atoms with Gasteiger partial charge < -0.3 is 9.64 Å². The van der Waals surface area contributed by atoms with E-state index in [-0.39, 0.29) is 11.6 Å². The minimum Gasteiger partial charge on any atom is -0.464 e. The van der Waals surface area contributed by atoms with E-state index in [1.807, 2.05) is 11.0 Å². The summed E-state index contributed by atoms with van der Waals surface area (Å²) in [6.07, 6.45) is 2.41. The summed E-state index contributed by atoms with van der Waals surface area (Å²) >= 11 is 0. The van der Waals surface area contributed by atoms with Crippen molar-refractivity contribution in [1.82, 2.24) is 9.88 Å².